The zero-order valence-electron chi connectivity index (χ0n) is 13.6. The summed E-state index contributed by atoms with van der Waals surface area (Å²) in [7, 11) is 1.23. The van der Waals surface area contributed by atoms with Crippen molar-refractivity contribution in [2.75, 3.05) is 13.7 Å². The predicted molar refractivity (Wildman–Crippen MR) is 84.8 cm³/mol. The minimum absolute atomic E-state index is 0.250. The summed E-state index contributed by atoms with van der Waals surface area (Å²) in [5.41, 5.74) is 0.904. The molecule has 0 bridgehead atoms. The molecule has 1 amide bonds. The number of carboxylic acid groups (broad SMARTS) is 1. The number of carboxylic acids is 1. The molecule has 0 aliphatic heterocycles. The number of amides is 1. The predicted octanol–water partition coefficient (Wildman–Crippen LogP) is 1.81. The van der Waals surface area contributed by atoms with Crippen LogP contribution in [0.2, 0.25) is 0 Å². The Kier molecular flexibility index (Phi) is 7.25. The fraction of sp³-hybridized carbons (Fsp3) is 0.471. The highest BCUT2D eigenvalue weighted by Gasteiger charge is 2.36. The smallest absolute Gasteiger partial charge is 0.325 e. The molecule has 1 rings (SSSR count). The van der Waals surface area contributed by atoms with E-state index in [0.717, 1.165) is 5.56 Å². The minimum atomic E-state index is -1.04. The van der Waals surface area contributed by atoms with Gasteiger partial charge < -0.3 is 15.2 Å². The fourth-order valence-electron chi connectivity index (χ4n) is 2.66. The van der Waals surface area contributed by atoms with Gasteiger partial charge in [0.1, 0.15) is 6.54 Å². The number of hydrogen-bond acceptors (Lipinski definition) is 4. The number of carbonyl (C=O) groups excluding carboxylic acids is 2. The summed E-state index contributed by atoms with van der Waals surface area (Å²) in [5.74, 6) is -3.98. The number of esters is 1. The van der Waals surface area contributed by atoms with Gasteiger partial charge in [-0.1, -0.05) is 44.2 Å². The van der Waals surface area contributed by atoms with Crippen LogP contribution in [0.1, 0.15) is 31.7 Å². The summed E-state index contributed by atoms with van der Waals surface area (Å²) < 4.78 is 4.49. The Morgan fingerprint density at radius 1 is 1.22 bits per heavy atom. The van der Waals surface area contributed by atoms with Crippen LogP contribution in [0.3, 0.4) is 0 Å². The highest BCUT2D eigenvalue weighted by atomic mass is 16.5. The lowest BCUT2D eigenvalue weighted by Gasteiger charge is -2.28. The lowest BCUT2D eigenvalue weighted by Crippen LogP contribution is -2.42. The molecule has 6 heteroatoms. The standard InChI is InChI=1S/C17H23NO5/c1-4-13(12-8-6-5-7-9-12)15(11(2)17(21)22)16(20)18-10-14(19)23-3/h5-9,11,13,15H,4,10H2,1-3H3,(H,18,20)(H,21,22). The van der Waals surface area contributed by atoms with Gasteiger partial charge >= 0.3 is 11.9 Å². The quantitative estimate of drug-likeness (QED) is 0.712. The molecule has 6 nitrogen and oxygen atoms in total. The van der Waals surface area contributed by atoms with Gasteiger partial charge in [0.05, 0.1) is 18.9 Å². The Labute approximate surface area is 135 Å². The molecule has 3 atom stereocenters. The van der Waals surface area contributed by atoms with E-state index >= 15 is 0 Å². The molecule has 0 aliphatic rings. The molecule has 126 valence electrons. The molecule has 0 aromatic heterocycles. The second-order valence-corrected chi connectivity index (χ2v) is 5.37. The molecular weight excluding hydrogens is 298 g/mol. The largest absolute Gasteiger partial charge is 0.481 e. The monoisotopic (exact) mass is 321 g/mol. The van der Waals surface area contributed by atoms with Crippen molar-refractivity contribution < 1.29 is 24.2 Å². The minimum Gasteiger partial charge on any atom is -0.481 e. The zero-order valence-corrected chi connectivity index (χ0v) is 13.6. The first-order chi connectivity index (χ1) is 10.9. The molecule has 0 saturated heterocycles. The van der Waals surface area contributed by atoms with Gasteiger partial charge in [-0.25, -0.2) is 0 Å². The third-order valence-electron chi connectivity index (χ3n) is 3.97. The fourth-order valence-corrected chi connectivity index (χ4v) is 2.66. The van der Waals surface area contributed by atoms with E-state index in [1.807, 2.05) is 37.3 Å². The summed E-state index contributed by atoms with van der Waals surface area (Å²) in [5, 5.41) is 11.8. The number of hydrogen-bond donors (Lipinski definition) is 2. The van der Waals surface area contributed by atoms with Gasteiger partial charge in [-0.2, -0.15) is 0 Å². The second kappa shape index (κ2) is 8.92. The maximum atomic E-state index is 12.5. The van der Waals surface area contributed by atoms with E-state index in [9.17, 15) is 19.5 Å². The average Bonchev–Trinajstić information content (AvgIpc) is 2.57. The third-order valence-corrected chi connectivity index (χ3v) is 3.97. The van der Waals surface area contributed by atoms with Crippen LogP contribution in [0, 0.1) is 11.8 Å². The van der Waals surface area contributed by atoms with E-state index in [1.165, 1.54) is 14.0 Å². The molecule has 0 radical (unpaired) electrons. The van der Waals surface area contributed by atoms with Crippen molar-refractivity contribution in [1.82, 2.24) is 5.32 Å². The number of benzene rings is 1. The second-order valence-electron chi connectivity index (χ2n) is 5.37. The molecule has 0 spiro atoms. The molecule has 0 fully saturated rings. The first-order valence-electron chi connectivity index (χ1n) is 7.54. The average molecular weight is 321 g/mol. The van der Waals surface area contributed by atoms with Crippen LogP contribution in [0.5, 0.6) is 0 Å². The van der Waals surface area contributed by atoms with Gasteiger partial charge in [-0.3, -0.25) is 14.4 Å². The van der Waals surface area contributed by atoms with Gasteiger partial charge in [0.15, 0.2) is 0 Å². The highest BCUT2D eigenvalue weighted by molar-refractivity contribution is 5.87. The van der Waals surface area contributed by atoms with Gasteiger partial charge in [0.25, 0.3) is 0 Å². The summed E-state index contributed by atoms with van der Waals surface area (Å²) in [6.45, 7) is 3.15. The molecule has 23 heavy (non-hydrogen) atoms. The first kappa shape index (κ1) is 18.7. The number of rotatable bonds is 8. The van der Waals surface area contributed by atoms with Crippen molar-refractivity contribution >= 4 is 17.8 Å². The molecular formula is C17H23NO5. The Bertz CT molecular complexity index is 543. The van der Waals surface area contributed by atoms with Crippen molar-refractivity contribution in [3.05, 3.63) is 35.9 Å². The van der Waals surface area contributed by atoms with Crippen molar-refractivity contribution in [2.45, 2.75) is 26.2 Å². The Morgan fingerprint density at radius 2 is 1.83 bits per heavy atom. The van der Waals surface area contributed by atoms with E-state index in [0.29, 0.717) is 6.42 Å². The summed E-state index contributed by atoms with van der Waals surface area (Å²) >= 11 is 0. The maximum Gasteiger partial charge on any atom is 0.325 e. The number of ether oxygens (including phenoxy) is 1. The van der Waals surface area contributed by atoms with E-state index < -0.39 is 29.7 Å². The number of nitrogens with one attached hydrogen (secondary N) is 1. The molecule has 1 aromatic carbocycles. The number of aliphatic carboxylic acids is 1. The van der Waals surface area contributed by atoms with Crippen LogP contribution < -0.4 is 5.32 Å². The van der Waals surface area contributed by atoms with E-state index in [2.05, 4.69) is 10.1 Å². The normalized spacial score (nSPS) is 14.4. The topological polar surface area (TPSA) is 92.7 Å². The molecule has 0 saturated carbocycles. The van der Waals surface area contributed by atoms with Gasteiger partial charge in [0, 0.05) is 0 Å². The molecule has 0 heterocycles. The first-order valence-corrected chi connectivity index (χ1v) is 7.54. The Hall–Kier alpha value is -2.37. The molecule has 1 aromatic rings. The molecule has 2 N–H and O–H groups in total. The van der Waals surface area contributed by atoms with Gasteiger partial charge in [-0.05, 0) is 17.9 Å². The van der Waals surface area contributed by atoms with Crippen LogP contribution in [0.25, 0.3) is 0 Å². The number of methoxy groups -OCH3 is 1. The van der Waals surface area contributed by atoms with Crippen molar-refractivity contribution in [1.29, 1.82) is 0 Å². The van der Waals surface area contributed by atoms with Crippen molar-refractivity contribution in [3.8, 4) is 0 Å². The van der Waals surface area contributed by atoms with Crippen molar-refractivity contribution in [2.24, 2.45) is 11.8 Å². The van der Waals surface area contributed by atoms with Crippen LogP contribution in [0.4, 0.5) is 0 Å². The molecule has 0 aliphatic carbocycles. The van der Waals surface area contributed by atoms with E-state index in [4.69, 9.17) is 0 Å². The van der Waals surface area contributed by atoms with Crippen molar-refractivity contribution in [3.63, 3.8) is 0 Å². The Balaban J connectivity index is 3.05. The van der Waals surface area contributed by atoms with Crippen LogP contribution in [-0.4, -0.2) is 36.6 Å². The lowest BCUT2D eigenvalue weighted by molar-refractivity contribution is -0.147. The van der Waals surface area contributed by atoms with E-state index in [1.54, 1.807) is 0 Å². The Morgan fingerprint density at radius 3 is 2.30 bits per heavy atom. The van der Waals surface area contributed by atoms with Crippen LogP contribution in [0.15, 0.2) is 30.3 Å². The van der Waals surface area contributed by atoms with Crippen LogP contribution >= 0.6 is 0 Å². The summed E-state index contributed by atoms with van der Waals surface area (Å²) in [6.07, 6.45) is 0.609. The third kappa shape index (κ3) is 5.09. The SMILES string of the molecule is CCC(c1ccccc1)C(C(=O)NCC(=O)OC)C(C)C(=O)O. The summed E-state index contributed by atoms with van der Waals surface area (Å²) in [4.78, 5) is 35.1. The maximum absolute atomic E-state index is 12.5. The van der Waals surface area contributed by atoms with Gasteiger partial charge in [-0.15, -0.1) is 0 Å². The lowest BCUT2D eigenvalue weighted by atomic mass is 9.76. The van der Waals surface area contributed by atoms with E-state index in [-0.39, 0.29) is 12.5 Å². The number of carbonyl (C=O) groups is 3. The van der Waals surface area contributed by atoms with Gasteiger partial charge in [0.2, 0.25) is 5.91 Å². The summed E-state index contributed by atoms with van der Waals surface area (Å²) in [6, 6.07) is 9.33. The van der Waals surface area contributed by atoms with Crippen LogP contribution in [-0.2, 0) is 19.1 Å². The molecule has 3 unspecified atom stereocenters. The highest BCUT2D eigenvalue weighted by Crippen LogP contribution is 2.33. The zero-order chi connectivity index (χ0) is 17.4.